The quantitative estimate of drug-likeness (QED) is 0.235. The molecule has 8 heteroatoms. The first-order valence-electron chi connectivity index (χ1n) is 7.40. The van der Waals surface area contributed by atoms with Crippen molar-refractivity contribution in [3.63, 3.8) is 0 Å². The number of esters is 1. The molecular weight excluding hydrogens is 350 g/mol. The molecule has 23 heavy (non-hydrogen) atoms. The van der Waals surface area contributed by atoms with Gasteiger partial charge in [0.25, 0.3) is 0 Å². The molecule has 1 amide bonds. The summed E-state index contributed by atoms with van der Waals surface area (Å²) in [6.07, 6.45) is 1.31. The molecule has 2 aliphatic rings. The van der Waals surface area contributed by atoms with Gasteiger partial charge < -0.3 is 14.1 Å². The van der Waals surface area contributed by atoms with Gasteiger partial charge in [0.2, 0.25) is 5.91 Å². The summed E-state index contributed by atoms with van der Waals surface area (Å²) in [6.45, 7) is 11.8. The summed E-state index contributed by atoms with van der Waals surface area (Å²) in [5.41, 5.74) is 0. The molecule has 2 unspecified atom stereocenters. The van der Waals surface area contributed by atoms with Gasteiger partial charge in [-0.15, -0.1) is 0 Å². The maximum absolute atomic E-state index is 12.6. The Morgan fingerprint density at radius 3 is 2.74 bits per heavy atom. The van der Waals surface area contributed by atoms with Gasteiger partial charge in [-0.05, 0) is 43.8 Å². The van der Waals surface area contributed by atoms with E-state index in [9.17, 15) is 9.59 Å². The first kappa shape index (κ1) is 18.4. The molecule has 2 saturated heterocycles. The van der Waals surface area contributed by atoms with Crippen molar-refractivity contribution in [3.05, 3.63) is 17.6 Å². The first-order valence-corrected chi connectivity index (χ1v) is 12.1. The maximum atomic E-state index is 12.6. The molecule has 0 aromatic rings. The lowest BCUT2D eigenvalue weighted by Crippen LogP contribution is -2.65. The number of hydrogen-bond donors (Lipinski definition) is 0. The van der Waals surface area contributed by atoms with Gasteiger partial charge in [-0.25, -0.2) is 4.79 Å². The molecule has 2 fully saturated rings. The third kappa shape index (κ3) is 3.61. The van der Waals surface area contributed by atoms with E-state index in [1.807, 2.05) is 6.92 Å². The molecule has 0 aromatic carbocycles. The number of rotatable bonds is 6. The summed E-state index contributed by atoms with van der Waals surface area (Å²) < 4.78 is 11.1. The van der Waals surface area contributed by atoms with Crippen LogP contribution >= 0.6 is 24.0 Å². The molecule has 5 nitrogen and oxygen atoms in total. The van der Waals surface area contributed by atoms with Gasteiger partial charge in [0.15, 0.2) is 14.4 Å². The highest BCUT2D eigenvalue weighted by atomic mass is 32.2. The van der Waals surface area contributed by atoms with Gasteiger partial charge in [0.1, 0.15) is 6.61 Å². The predicted octanol–water partition coefficient (Wildman–Crippen LogP) is 2.34. The predicted molar refractivity (Wildman–Crippen MR) is 96.7 cm³/mol. The van der Waals surface area contributed by atoms with E-state index >= 15 is 0 Å². The Hall–Kier alpha value is -0.923. The number of carbonyl (C=O) groups excluding carboxylic acids is 2. The topological polar surface area (TPSA) is 55.8 Å². The summed E-state index contributed by atoms with van der Waals surface area (Å²) in [5.74, 6) is -0.839. The molecule has 0 N–H and O–H groups in total. The second-order valence-corrected chi connectivity index (χ2v) is 12.3. The number of thiocarbonyl (C=S) groups is 1. The van der Waals surface area contributed by atoms with E-state index in [1.54, 1.807) is 4.90 Å². The fourth-order valence-corrected chi connectivity index (χ4v) is 5.81. The van der Waals surface area contributed by atoms with Crippen molar-refractivity contribution < 1.29 is 18.8 Å². The van der Waals surface area contributed by atoms with Crippen LogP contribution < -0.4 is 0 Å². The van der Waals surface area contributed by atoms with Crippen molar-refractivity contribution in [1.82, 2.24) is 4.90 Å². The molecule has 4 atom stereocenters. The van der Waals surface area contributed by atoms with Crippen LogP contribution in [0.3, 0.4) is 0 Å². The Morgan fingerprint density at radius 1 is 1.57 bits per heavy atom. The maximum Gasteiger partial charge on any atom is 0.335 e. The van der Waals surface area contributed by atoms with Crippen molar-refractivity contribution in [2.24, 2.45) is 5.92 Å². The summed E-state index contributed by atoms with van der Waals surface area (Å²) >= 11 is 6.30. The van der Waals surface area contributed by atoms with E-state index in [0.29, 0.717) is 4.91 Å². The van der Waals surface area contributed by atoms with Crippen molar-refractivity contribution in [2.75, 3.05) is 6.61 Å². The molecule has 0 aliphatic carbocycles. The number of amides is 1. The number of hydrogen-bond acceptors (Lipinski definition) is 6. The molecule has 0 aromatic heterocycles. The zero-order chi connectivity index (χ0) is 17.4. The molecule has 0 bridgehead atoms. The Labute approximate surface area is 147 Å². The molecule has 2 rings (SSSR count). The van der Waals surface area contributed by atoms with Crippen molar-refractivity contribution in [2.45, 2.75) is 44.1 Å². The van der Waals surface area contributed by atoms with E-state index in [0.717, 1.165) is 0 Å². The minimum absolute atomic E-state index is 0.0888. The Morgan fingerprint density at radius 2 is 2.22 bits per heavy atom. The Kier molecular flexibility index (Phi) is 5.53. The summed E-state index contributed by atoms with van der Waals surface area (Å²) in [5, 5.41) is 2.47. The van der Waals surface area contributed by atoms with Crippen LogP contribution in [0.25, 0.3) is 0 Å². The fourth-order valence-electron chi connectivity index (χ4n) is 2.82. The Balaban J connectivity index is 2.15. The number of thioether (sulfide) groups is 1. The standard InChI is InChI=1S/C15H21NO4S2Si/c1-6-7-19-15(18)12-10(8-21)22-14-11(13(17)16(12)14)9(2)20-23(3,4)5/h6,9,11-12,14H,1,7H2,2-5H3/t9?,11-,12?,14+/m0/s1. The van der Waals surface area contributed by atoms with Crippen molar-refractivity contribution in [3.8, 4) is 0 Å². The fraction of sp³-hybridized carbons (Fsp3) is 0.600. The zero-order valence-corrected chi connectivity index (χ0v) is 16.3. The highest BCUT2D eigenvalue weighted by Gasteiger charge is 2.61. The number of carbonyl (C=O) groups is 2. The highest BCUT2D eigenvalue weighted by Crippen LogP contribution is 2.50. The van der Waals surface area contributed by atoms with Gasteiger partial charge in [0, 0.05) is 0 Å². The second-order valence-electron chi connectivity index (χ2n) is 6.50. The zero-order valence-electron chi connectivity index (χ0n) is 13.7. The van der Waals surface area contributed by atoms with Gasteiger partial charge >= 0.3 is 5.97 Å². The van der Waals surface area contributed by atoms with Crippen LogP contribution in [0.1, 0.15) is 6.92 Å². The van der Waals surface area contributed by atoms with E-state index in [4.69, 9.17) is 21.4 Å². The molecule has 2 aliphatic heterocycles. The largest absolute Gasteiger partial charge is 0.460 e. The molecular formula is C15H21NO4S2Si. The number of β-lactam (4-membered cyclic amide) rings is 1. The van der Waals surface area contributed by atoms with E-state index < -0.39 is 20.3 Å². The van der Waals surface area contributed by atoms with Crippen LogP contribution in [0.5, 0.6) is 0 Å². The van der Waals surface area contributed by atoms with Gasteiger partial charge in [-0.3, -0.25) is 4.79 Å². The van der Waals surface area contributed by atoms with Crippen LogP contribution in [0.15, 0.2) is 17.6 Å². The van der Waals surface area contributed by atoms with Crippen LogP contribution in [-0.2, 0) is 18.8 Å². The van der Waals surface area contributed by atoms with Crippen molar-refractivity contribution in [1.29, 1.82) is 0 Å². The smallest absolute Gasteiger partial charge is 0.335 e. The van der Waals surface area contributed by atoms with Crippen LogP contribution in [-0.4, -0.2) is 54.2 Å². The SMILES string of the molecule is C=CCOC(=O)C1C(=C=S)S[C@@H]2[C@@H](C(C)O[Si](C)(C)C)C(=O)N12. The minimum atomic E-state index is -1.75. The third-order valence-corrected chi connectivity index (χ3v) is 6.38. The van der Waals surface area contributed by atoms with E-state index in [2.05, 4.69) is 31.2 Å². The molecule has 126 valence electrons. The third-order valence-electron chi connectivity index (χ3n) is 3.61. The number of fused-ring (bicyclic) bond motifs is 1. The number of nitrogens with zero attached hydrogens (tertiary/aromatic N) is 1. The minimum Gasteiger partial charge on any atom is -0.460 e. The molecule has 2 heterocycles. The molecule has 0 saturated carbocycles. The summed E-state index contributed by atoms with van der Waals surface area (Å²) in [7, 11) is -1.75. The summed E-state index contributed by atoms with van der Waals surface area (Å²) in [4.78, 5) is 26.9. The number of ether oxygens (including phenoxy) is 1. The normalized spacial score (nSPS) is 27.8. The van der Waals surface area contributed by atoms with Gasteiger partial charge in [0.05, 0.1) is 22.3 Å². The Bertz CT molecular complexity index is 583. The van der Waals surface area contributed by atoms with Crippen LogP contribution in [0.2, 0.25) is 19.6 Å². The van der Waals surface area contributed by atoms with E-state index in [-0.39, 0.29) is 29.9 Å². The van der Waals surface area contributed by atoms with Crippen molar-refractivity contribution >= 4 is 49.2 Å². The molecule has 0 spiro atoms. The average molecular weight is 372 g/mol. The first-order chi connectivity index (χ1) is 10.7. The van der Waals surface area contributed by atoms with Gasteiger partial charge in [-0.2, -0.15) is 0 Å². The van der Waals surface area contributed by atoms with Gasteiger partial charge in [-0.1, -0.05) is 24.4 Å². The van der Waals surface area contributed by atoms with Crippen LogP contribution in [0.4, 0.5) is 0 Å². The van der Waals surface area contributed by atoms with Crippen LogP contribution in [0, 0.1) is 5.92 Å². The lowest BCUT2D eigenvalue weighted by Gasteiger charge is -2.46. The highest BCUT2D eigenvalue weighted by molar-refractivity contribution is 8.05. The van der Waals surface area contributed by atoms with E-state index in [1.165, 1.54) is 17.8 Å². The lowest BCUT2D eigenvalue weighted by atomic mass is 9.91. The average Bonchev–Trinajstić information content (AvgIpc) is 2.77. The molecule has 0 radical (unpaired) electrons. The summed E-state index contributed by atoms with van der Waals surface area (Å²) in [6, 6.07) is -0.773. The lowest BCUT2D eigenvalue weighted by molar-refractivity contribution is -0.166. The monoisotopic (exact) mass is 371 g/mol. The second kappa shape index (κ2) is 6.90.